The Morgan fingerprint density at radius 3 is 2.78 bits per heavy atom. The van der Waals surface area contributed by atoms with Crippen LogP contribution in [0.2, 0.25) is 0 Å². The van der Waals surface area contributed by atoms with Gasteiger partial charge in [0.1, 0.15) is 0 Å². The summed E-state index contributed by atoms with van der Waals surface area (Å²) in [5.41, 5.74) is 7.96. The highest BCUT2D eigenvalue weighted by atomic mass is 79.9. The van der Waals surface area contributed by atoms with E-state index in [0.29, 0.717) is 24.5 Å². The topological polar surface area (TPSA) is 64.4 Å². The Hall–Kier alpha value is -1.07. The van der Waals surface area contributed by atoms with Crippen LogP contribution in [0.4, 0.5) is 5.69 Å². The molecule has 1 amide bonds. The molecule has 1 aliphatic heterocycles. The van der Waals surface area contributed by atoms with E-state index in [1.807, 2.05) is 19.1 Å². The van der Waals surface area contributed by atoms with Crippen molar-refractivity contribution in [2.45, 2.75) is 25.8 Å². The maximum atomic E-state index is 12.2. The number of carbonyl (C=O) groups excluding carboxylic acids is 1. The first-order valence-corrected chi connectivity index (χ1v) is 6.81. The molecule has 4 nitrogen and oxygen atoms in total. The van der Waals surface area contributed by atoms with Crippen LogP contribution in [0.15, 0.2) is 16.6 Å². The van der Waals surface area contributed by atoms with Gasteiger partial charge in [-0.2, -0.15) is 0 Å². The fourth-order valence-electron chi connectivity index (χ4n) is 2.05. The zero-order valence-electron chi connectivity index (χ0n) is 10.3. The molecule has 18 heavy (non-hydrogen) atoms. The quantitative estimate of drug-likeness (QED) is 0.823. The summed E-state index contributed by atoms with van der Waals surface area (Å²) in [4.78, 5) is 12.2. The third-order valence-electron chi connectivity index (χ3n) is 3.08. The largest absolute Gasteiger partial charge is 0.397 e. The van der Waals surface area contributed by atoms with Crippen molar-refractivity contribution >= 4 is 27.5 Å². The fraction of sp³-hybridized carbons (Fsp3) is 0.462. The number of nitrogens with two attached hydrogens (primary N) is 1. The smallest absolute Gasteiger partial charge is 0.253 e. The maximum absolute atomic E-state index is 12.2. The molecule has 1 fully saturated rings. The lowest BCUT2D eigenvalue weighted by Gasteiger charge is -2.23. The number of nitrogen functional groups attached to an aromatic ring is 1. The molecule has 0 radical (unpaired) electrons. The van der Waals surface area contributed by atoms with Crippen molar-refractivity contribution < 1.29 is 9.53 Å². The van der Waals surface area contributed by atoms with Gasteiger partial charge >= 0.3 is 0 Å². The van der Waals surface area contributed by atoms with Gasteiger partial charge in [-0.15, -0.1) is 0 Å². The van der Waals surface area contributed by atoms with Gasteiger partial charge in [0.25, 0.3) is 5.91 Å². The maximum Gasteiger partial charge on any atom is 0.253 e. The second-order valence-corrected chi connectivity index (χ2v) is 5.42. The molecule has 1 saturated heterocycles. The highest BCUT2D eigenvalue weighted by Gasteiger charge is 2.19. The average molecular weight is 313 g/mol. The summed E-state index contributed by atoms with van der Waals surface area (Å²) >= 11 is 3.37. The summed E-state index contributed by atoms with van der Waals surface area (Å²) in [5, 5.41) is 3.01. The van der Waals surface area contributed by atoms with Crippen molar-refractivity contribution in [3.8, 4) is 0 Å². The monoisotopic (exact) mass is 312 g/mol. The Balaban J connectivity index is 2.13. The molecule has 1 aromatic carbocycles. The number of nitrogens with one attached hydrogen (secondary N) is 1. The SMILES string of the molecule is Cc1cc(Br)c(N)c(C(=O)NC2CCOCC2)c1. The molecule has 2 rings (SSSR count). The van der Waals surface area contributed by atoms with E-state index in [-0.39, 0.29) is 11.9 Å². The van der Waals surface area contributed by atoms with Crippen LogP contribution in [0.1, 0.15) is 28.8 Å². The summed E-state index contributed by atoms with van der Waals surface area (Å²) in [5.74, 6) is -0.108. The molecule has 0 bridgehead atoms. The predicted octanol–water partition coefficient (Wildman–Crippen LogP) is 2.25. The van der Waals surface area contributed by atoms with E-state index in [4.69, 9.17) is 10.5 Å². The summed E-state index contributed by atoms with van der Waals surface area (Å²) in [6.07, 6.45) is 1.72. The molecule has 0 atom stereocenters. The van der Waals surface area contributed by atoms with Crippen molar-refractivity contribution in [3.63, 3.8) is 0 Å². The molecule has 3 N–H and O–H groups in total. The first kappa shape index (κ1) is 13.4. The number of anilines is 1. The minimum atomic E-state index is -0.108. The van der Waals surface area contributed by atoms with Crippen LogP contribution in [-0.2, 0) is 4.74 Å². The predicted molar refractivity (Wildman–Crippen MR) is 74.6 cm³/mol. The van der Waals surface area contributed by atoms with Crippen LogP contribution in [0.5, 0.6) is 0 Å². The molecule has 0 aromatic heterocycles. The van der Waals surface area contributed by atoms with Gasteiger partial charge in [0.15, 0.2) is 0 Å². The molecular weight excluding hydrogens is 296 g/mol. The van der Waals surface area contributed by atoms with E-state index in [1.54, 1.807) is 0 Å². The third-order valence-corrected chi connectivity index (χ3v) is 3.73. The van der Waals surface area contributed by atoms with Gasteiger partial charge in [0.2, 0.25) is 0 Å². The highest BCUT2D eigenvalue weighted by Crippen LogP contribution is 2.25. The van der Waals surface area contributed by atoms with E-state index >= 15 is 0 Å². The summed E-state index contributed by atoms with van der Waals surface area (Å²) < 4.78 is 6.03. The van der Waals surface area contributed by atoms with Crippen LogP contribution < -0.4 is 11.1 Å². The molecule has 0 unspecified atom stereocenters. The summed E-state index contributed by atoms with van der Waals surface area (Å²) in [6.45, 7) is 3.35. The number of benzene rings is 1. The first-order chi connectivity index (χ1) is 8.58. The summed E-state index contributed by atoms with van der Waals surface area (Å²) in [7, 11) is 0. The van der Waals surface area contributed by atoms with Gasteiger partial charge in [-0.05, 0) is 53.4 Å². The zero-order chi connectivity index (χ0) is 13.1. The molecule has 1 aromatic rings. The second-order valence-electron chi connectivity index (χ2n) is 4.57. The fourth-order valence-corrected chi connectivity index (χ4v) is 2.62. The Morgan fingerprint density at radius 2 is 2.11 bits per heavy atom. The first-order valence-electron chi connectivity index (χ1n) is 6.02. The lowest BCUT2D eigenvalue weighted by Crippen LogP contribution is -2.39. The Kier molecular flexibility index (Phi) is 4.24. The molecule has 98 valence electrons. The molecule has 0 aliphatic carbocycles. The van der Waals surface area contributed by atoms with Crippen molar-refractivity contribution in [3.05, 3.63) is 27.7 Å². The van der Waals surface area contributed by atoms with Crippen LogP contribution in [-0.4, -0.2) is 25.2 Å². The lowest BCUT2D eigenvalue weighted by atomic mass is 10.1. The Bertz CT molecular complexity index is 457. The number of hydrogen-bond acceptors (Lipinski definition) is 3. The van der Waals surface area contributed by atoms with E-state index in [0.717, 1.165) is 22.9 Å². The van der Waals surface area contributed by atoms with Crippen molar-refractivity contribution in [2.75, 3.05) is 18.9 Å². The molecule has 5 heteroatoms. The van der Waals surface area contributed by atoms with Gasteiger partial charge in [-0.3, -0.25) is 4.79 Å². The molecular formula is C13H17BrN2O2. The zero-order valence-corrected chi connectivity index (χ0v) is 11.9. The Morgan fingerprint density at radius 1 is 1.44 bits per heavy atom. The number of amides is 1. The molecule has 0 spiro atoms. The normalized spacial score (nSPS) is 16.6. The van der Waals surface area contributed by atoms with Crippen LogP contribution in [0.25, 0.3) is 0 Å². The molecule has 1 heterocycles. The van der Waals surface area contributed by atoms with Gasteiger partial charge in [-0.1, -0.05) is 0 Å². The van der Waals surface area contributed by atoms with Crippen LogP contribution in [0, 0.1) is 6.92 Å². The number of hydrogen-bond donors (Lipinski definition) is 2. The van der Waals surface area contributed by atoms with E-state index in [2.05, 4.69) is 21.2 Å². The minimum absolute atomic E-state index is 0.108. The molecule has 1 aliphatic rings. The highest BCUT2D eigenvalue weighted by molar-refractivity contribution is 9.10. The van der Waals surface area contributed by atoms with Crippen LogP contribution in [0.3, 0.4) is 0 Å². The Labute approximate surface area is 115 Å². The number of aryl methyl sites for hydroxylation is 1. The van der Waals surface area contributed by atoms with Gasteiger partial charge in [0, 0.05) is 23.7 Å². The summed E-state index contributed by atoms with van der Waals surface area (Å²) in [6, 6.07) is 3.90. The standard InChI is InChI=1S/C13H17BrN2O2/c1-8-6-10(12(15)11(14)7-8)13(17)16-9-2-4-18-5-3-9/h6-7,9H,2-5,15H2,1H3,(H,16,17). The number of carbonyl (C=O) groups is 1. The van der Waals surface area contributed by atoms with E-state index < -0.39 is 0 Å². The third kappa shape index (κ3) is 3.03. The lowest BCUT2D eigenvalue weighted by molar-refractivity contribution is 0.0697. The van der Waals surface area contributed by atoms with Gasteiger partial charge in [-0.25, -0.2) is 0 Å². The number of halogens is 1. The second kappa shape index (κ2) is 5.71. The van der Waals surface area contributed by atoms with Crippen molar-refractivity contribution in [2.24, 2.45) is 0 Å². The van der Waals surface area contributed by atoms with Crippen molar-refractivity contribution in [1.29, 1.82) is 0 Å². The van der Waals surface area contributed by atoms with Crippen LogP contribution >= 0.6 is 15.9 Å². The van der Waals surface area contributed by atoms with E-state index in [1.165, 1.54) is 0 Å². The molecule has 0 saturated carbocycles. The van der Waals surface area contributed by atoms with E-state index in [9.17, 15) is 4.79 Å². The minimum Gasteiger partial charge on any atom is -0.397 e. The number of rotatable bonds is 2. The van der Waals surface area contributed by atoms with Gasteiger partial charge < -0.3 is 15.8 Å². The van der Waals surface area contributed by atoms with Gasteiger partial charge in [0.05, 0.1) is 11.3 Å². The van der Waals surface area contributed by atoms with Crippen molar-refractivity contribution in [1.82, 2.24) is 5.32 Å². The average Bonchev–Trinajstić information content (AvgIpc) is 2.35. The number of ether oxygens (including phenoxy) is 1.